The summed E-state index contributed by atoms with van der Waals surface area (Å²) in [6, 6.07) is 7.45. The third-order valence-corrected chi connectivity index (χ3v) is 4.38. The van der Waals surface area contributed by atoms with Gasteiger partial charge in [0.05, 0.1) is 6.61 Å². The van der Waals surface area contributed by atoms with E-state index in [4.69, 9.17) is 4.74 Å². The van der Waals surface area contributed by atoms with Crippen LogP contribution in [0.5, 0.6) is 5.75 Å². The van der Waals surface area contributed by atoms with E-state index in [9.17, 15) is 0 Å². The number of rotatable bonds is 5. The van der Waals surface area contributed by atoms with Gasteiger partial charge in [-0.1, -0.05) is 12.1 Å². The quantitative estimate of drug-likeness (QED) is 0.902. The van der Waals surface area contributed by atoms with E-state index in [1.54, 1.807) is 0 Å². The Morgan fingerprint density at radius 1 is 1.40 bits per heavy atom. The second-order valence-corrected chi connectivity index (χ2v) is 5.68. The summed E-state index contributed by atoms with van der Waals surface area (Å²) < 4.78 is 5.56. The molecule has 1 fully saturated rings. The highest BCUT2D eigenvalue weighted by molar-refractivity contribution is 5.85. The lowest BCUT2D eigenvalue weighted by atomic mass is 10.1. The number of ether oxygens (including phenoxy) is 1. The standard InChI is InChI=1S/C16H24N2O.ClH/c1-17-12-15-3-2-8-18(15)9-6-13-4-5-16-14(11-13)7-10-19-16;/h4-5,11,15,17H,2-3,6-10,12H2,1H3;1H. The third-order valence-electron chi connectivity index (χ3n) is 4.38. The molecular formula is C16H25ClN2O. The van der Waals surface area contributed by atoms with Gasteiger partial charge < -0.3 is 10.1 Å². The zero-order valence-corrected chi connectivity index (χ0v) is 13.0. The fourth-order valence-corrected chi connectivity index (χ4v) is 3.32. The molecule has 1 unspecified atom stereocenters. The molecule has 20 heavy (non-hydrogen) atoms. The molecule has 4 heteroatoms. The maximum absolute atomic E-state index is 5.56. The topological polar surface area (TPSA) is 24.5 Å². The summed E-state index contributed by atoms with van der Waals surface area (Å²) in [5, 5.41) is 3.31. The Morgan fingerprint density at radius 3 is 3.15 bits per heavy atom. The number of nitrogens with one attached hydrogen (secondary N) is 1. The van der Waals surface area contributed by atoms with Crippen LogP contribution in [0.15, 0.2) is 18.2 Å². The normalized spacial score (nSPS) is 21.4. The number of hydrogen-bond acceptors (Lipinski definition) is 3. The molecule has 3 nitrogen and oxygen atoms in total. The van der Waals surface area contributed by atoms with E-state index in [-0.39, 0.29) is 12.4 Å². The smallest absolute Gasteiger partial charge is 0.122 e. The molecule has 1 atom stereocenters. The molecule has 0 amide bonds. The summed E-state index contributed by atoms with van der Waals surface area (Å²) >= 11 is 0. The maximum Gasteiger partial charge on any atom is 0.122 e. The molecule has 2 aliphatic heterocycles. The molecule has 0 saturated carbocycles. The predicted octanol–water partition coefficient (Wildman–Crippen LogP) is 2.27. The van der Waals surface area contributed by atoms with Crippen LogP contribution >= 0.6 is 12.4 Å². The first-order valence-corrected chi connectivity index (χ1v) is 7.50. The van der Waals surface area contributed by atoms with Gasteiger partial charge in [-0.3, -0.25) is 4.90 Å². The van der Waals surface area contributed by atoms with Gasteiger partial charge >= 0.3 is 0 Å². The van der Waals surface area contributed by atoms with Crippen molar-refractivity contribution in [2.45, 2.75) is 31.7 Å². The van der Waals surface area contributed by atoms with Crippen LogP contribution in [0.25, 0.3) is 0 Å². The van der Waals surface area contributed by atoms with Crippen molar-refractivity contribution in [3.05, 3.63) is 29.3 Å². The van der Waals surface area contributed by atoms with Gasteiger partial charge in [0.15, 0.2) is 0 Å². The lowest BCUT2D eigenvalue weighted by Gasteiger charge is -2.24. The molecule has 0 spiro atoms. The van der Waals surface area contributed by atoms with Crippen molar-refractivity contribution < 1.29 is 4.74 Å². The maximum atomic E-state index is 5.56. The molecule has 0 aliphatic carbocycles. The Labute approximate surface area is 128 Å². The second-order valence-electron chi connectivity index (χ2n) is 5.68. The SMILES string of the molecule is CNCC1CCCN1CCc1ccc2c(c1)CCO2.Cl. The van der Waals surface area contributed by atoms with E-state index in [0.29, 0.717) is 0 Å². The van der Waals surface area contributed by atoms with Crippen molar-refractivity contribution in [3.8, 4) is 5.75 Å². The number of hydrogen-bond donors (Lipinski definition) is 1. The van der Waals surface area contributed by atoms with Crippen LogP contribution in [0.1, 0.15) is 24.0 Å². The number of likely N-dealkylation sites (N-methyl/N-ethyl adjacent to an activating group) is 1. The number of nitrogens with zero attached hydrogens (tertiary/aromatic N) is 1. The van der Waals surface area contributed by atoms with Gasteiger partial charge in [0, 0.05) is 25.6 Å². The van der Waals surface area contributed by atoms with Gasteiger partial charge in [0.2, 0.25) is 0 Å². The van der Waals surface area contributed by atoms with Crippen LogP contribution in [0, 0.1) is 0 Å². The Balaban J connectivity index is 0.00000147. The van der Waals surface area contributed by atoms with Crippen LogP contribution < -0.4 is 10.1 Å². The first-order chi connectivity index (χ1) is 9.36. The molecule has 112 valence electrons. The van der Waals surface area contributed by atoms with Crippen LogP contribution in [-0.2, 0) is 12.8 Å². The first-order valence-electron chi connectivity index (χ1n) is 7.50. The minimum Gasteiger partial charge on any atom is -0.493 e. The molecule has 2 aliphatic rings. The number of likely N-dealkylation sites (tertiary alicyclic amines) is 1. The van der Waals surface area contributed by atoms with E-state index in [1.165, 1.54) is 37.1 Å². The molecule has 1 saturated heterocycles. The zero-order chi connectivity index (χ0) is 13.1. The highest BCUT2D eigenvalue weighted by Gasteiger charge is 2.23. The Kier molecular flexibility index (Phi) is 5.70. The average Bonchev–Trinajstić information content (AvgIpc) is 3.05. The molecule has 0 radical (unpaired) electrons. The minimum atomic E-state index is 0. The summed E-state index contributed by atoms with van der Waals surface area (Å²) in [6.07, 6.45) is 4.94. The van der Waals surface area contributed by atoms with Gasteiger partial charge in [-0.25, -0.2) is 0 Å². The molecule has 1 aromatic carbocycles. The van der Waals surface area contributed by atoms with E-state index in [0.717, 1.165) is 37.8 Å². The Hall–Kier alpha value is -0.770. The van der Waals surface area contributed by atoms with Gasteiger partial charge in [0.1, 0.15) is 5.75 Å². The fraction of sp³-hybridized carbons (Fsp3) is 0.625. The van der Waals surface area contributed by atoms with Gasteiger partial charge in [-0.15, -0.1) is 12.4 Å². The van der Waals surface area contributed by atoms with Gasteiger partial charge in [-0.2, -0.15) is 0 Å². The predicted molar refractivity (Wildman–Crippen MR) is 85.1 cm³/mol. The summed E-state index contributed by atoms with van der Waals surface area (Å²) in [4.78, 5) is 2.64. The summed E-state index contributed by atoms with van der Waals surface area (Å²) in [5.41, 5.74) is 2.85. The molecule has 0 aromatic heterocycles. The molecule has 3 rings (SSSR count). The minimum absolute atomic E-state index is 0. The van der Waals surface area contributed by atoms with Crippen molar-refractivity contribution in [2.75, 3.05) is 33.3 Å². The van der Waals surface area contributed by atoms with Crippen LogP contribution in [0.4, 0.5) is 0 Å². The average molecular weight is 297 g/mol. The second kappa shape index (κ2) is 7.30. The number of halogens is 1. The van der Waals surface area contributed by atoms with E-state index in [1.807, 2.05) is 0 Å². The summed E-state index contributed by atoms with van der Waals surface area (Å²) in [5.74, 6) is 1.10. The first kappa shape index (κ1) is 15.6. The van der Waals surface area contributed by atoms with Crippen LogP contribution in [-0.4, -0.2) is 44.2 Å². The Bertz CT molecular complexity index is 438. The van der Waals surface area contributed by atoms with Crippen LogP contribution in [0.2, 0.25) is 0 Å². The highest BCUT2D eigenvalue weighted by atomic mass is 35.5. The summed E-state index contributed by atoms with van der Waals surface area (Å²) in [6.45, 7) is 4.43. The summed E-state index contributed by atoms with van der Waals surface area (Å²) in [7, 11) is 2.05. The largest absolute Gasteiger partial charge is 0.493 e. The third kappa shape index (κ3) is 3.46. The van der Waals surface area contributed by atoms with E-state index < -0.39 is 0 Å². The molecule has 1 N–H and O–H groups in total. The van der Waals surface area contributed by atoms with Gasteiger partial charge in [-0.05, 0) is 50.0 Å². The number of fused-ring (bicyclic) bond motifs is 1. The molecule has 1 aromatic rings. The Morgan fingerprint density at radius 2 is 2.30 bits per heavy atom. The van der Waals surface area contributed by atoms with Crippen molar-refractivity contribution >= 4 is 12.4 Å². The van der Waals surface area contributed by atoms with E-state index >= 15 is 0 Å². The van der Waals surface area contributed by atoms with Crippen molar-refractivity contribution in [3.63, 3.8) is 0 Å². The lowest BCUT2D eigenvalue weighted by molar-refractivity contribution is 0.253. The van der Waals surface area contributed by atoms with Crippen molar-refractivity contribution in [2.24, 2.45) is 0 Å². The van der Waals surface area contributed by atoms with E-state index in [2.05, 4.69) is 35.5 Å². The van der Waals surface area contributed by atoms with Gasteiger partial charge in [0.25, 0.3) is 0 Å². The monoisotopic (exact) mass is 296 g/mol. The number of benzene rings is 1. The molecule has 2 heterocycles. The fourth-order valence-electron chi connectivity index (χ4n) is 3.32. The van der Waals surface area contributed by atoms with Crippen LogP contribution in [0.3, 0.4) is 0 Å². The molecular weight excluding hydrogens is 272 g/mol. The molecule has 0 bridgehead atoms. The highest BCUT2D eigenvalue weighted by Crippen LogP contribution is 2.26. The zero-order valence-electron chi connectivity index (χ0n) is 12.2. The lowest BCUT2D eigenvalue weighted by Crippen LogP contribution is -2.37. The van der Waals surface area contributed by atoms with Crippen molar-refractivity contribution in [1.29, 1.82) is 0 Å². The van der Waals surface area contributed by atoms with Crippen molar-refractivity contribution in [1.82, 2.24) is 10.2 Å².